The van der Waals surface area contributed by atoms with Crippen LogP contribution >= 0.6 is 0 Å². The Morgan fingerprint density at radius 3 is 2.39 bits per heavy atom. The number of pyridine rings is 1. The molecule has 1 heterocycles. The van der Waals surface area contributed by atoms with Gasteiger partial charge in [0.15, 0.2) is 0 Å². The smallest absolute Gasteiger partial charge is 0.257 e. The molecule has 1 aromatic heterocycles. The quantitative estimate of drug-likeness (QED) is 0.410. The van der Waals surface area contributed by atoms with E-state index in [0.717, 1.165) is 22.2 Å². The number of amides is 1. The third-order valence-electron chi connectivity index (χ3n) is 4.82. The lowest BCUT2D eigenvalue weighted by Crippen LogP contribution is -2.13. The molecular formula is C25H23N3O3. The first-order valence-corrected chi connectivity index (χ1v) is 10.0. The summed E-state index contributed by atoms with van der Waals surface area (Å²) in [6, 6.07) is 22.6. The van der Waals surface area contributed by atoms with E-state index in [9.17, 15) is 4.79 Å². The molecule has 0 atom stereocenters. The molecule has 0 aliphatic heterocycles. The molecular weight excluding hydrogens is 390 g/mol. The number of hydrogen-bond donors (Lipinski definition) is 2. The molecule has 0 aliphatic carbocycles. The minimum atomic E-state index is -0.225. The average molecular weight is 413 g/mol. The maximum absolute atomic E-state index is 13.0. The largest absolute Gasteiger partial charge is 0.495 e. The molecule has 0 saturated carbocycles. The van der Waals surface area contributed by atoms with E-state index >= 15 is 0 Å². The third kappa shape index (κ3) is 4.43. The fraction of sp³-hybridized carbons (Fsp3) is 0.120. The first-order valence-electron chi connectivity index (χ1n) is 10.0. The van der Waals surface area contributed by atoms with Crippen LogP contribution in [0.1, 0.15) is 17.3 Å². The molecule has 6 nitrogen and oxygen atoms in total. The average Bonchev–Trinajstić information content (AvgIpc) is 2.81. The molecule has 1 amide bonds. The summed E-state index contributed by atoms with van der Waals surface area (Å²) in [5.74, 6) is 1.90. The van der Waals surface area contributed by atoms with Crippen LogP contribution in [0.4, 0.5) is 17.2 Å². The van der Waals surface area contributed by atoms with Crippen LogP contribution in [0.25, 0.3) is 10.8 Å². The summed E-state index contributed by atoms with van der Waals surface area (Å²) >= 11 is 0. The lowest BCUT2D eigenvalue weighted by molar-refractivity contribution is 0.102. The number of carbonyl (C=O) groups is 1. The van der Waals surface area contributed by atoms with E-state index in [1.54, 1.807) is 13.3 Å². The van der Waals surface area contributed by atoms with Gasteiger partial charge in [0.25, 0.3) is 5.91 Å². The number of benzene rings is 3. The second-order valence-electron chi connectivity index (χ2n) is 6.80. The number of aromatic nitrogens is 1. The van der Waals surface area contributed by atoms with Gasteiger partial charge >= 0.3 is 0 Å². The van der Waals surface area contributed by atoms with Crippen molar-refractivity contribution in [2.24, 2.45) is 0 Å². The summed E-state index contributed by atoms with van der Waals surface area (Å²) in [5.41, 5.74) is 1.98. The number of hydrogen-bond acceptors (Lipinski definition) is 5. The van der Waals surface area contributed by atoms with E-state index in [1.807, 2.05) is 79.7 Å². The maximum Gasteiger partial charge on any atom is 0.257 e. The molecule has 0 spiro atoms. The van der Waals surface area contributed by atoms with Gasteiger partial charge in [-0.3, -0.25) is 4.79 Å². The molecule has 6 heteroatoms. The molecule has 31 heavy (non-hydrogen) atoms. The van der Waals surface area contributed by atoms with Crippen molar-refractivity contribution >= 4 is 33.9 Å². The second-order valence-corrected chi connectivity index (χ2v) is 6.80. The van der Waals surface area contributed by atoms with Gasteiger partial charge in [0.05, 0.1) is 25.0 Å². The molecule has 4 aromatic rings. The number of nitrogens with one attached hydrogen (secondary N) is 2. The molecule has 0 radical (unpaired) electrons. The molecule has 2 N–H and O–H groups in total. The van der Waals surface area contributed by atoms with Crippen molar-refractivity contribution in [1.82, 2.24) is 4.98 Å². The van der Waals surface area contributed by atoms with Crippen LogP contribution in [-0.4, -0.2) is 24.6 Å². The Kier molecular flexibility index (Phi) is 5.98. The number of methoxy groups -OCH3 is 1. The van der Waals surface area contributed by atoms with Gasteiger partial charge in [-0.1, -0.05) is 36.4 Å². The van der Waals surface area contributed by atoms with Crippen molar-refractivity contribution in [1.29, 1.82) is 0 Å². The normalized spacial score (nSPS) is 10.5. The first kappa shape index (κ1) is 20.2. The first-order chi connectivity index (χ1) is 15.2. The summed E-state index contributed by atoms with van der Waals surface area (Å²) in [6.45, 7) is 2.53. The second kappa shape index (κ2) is 9.17. The highest BCUT2D eigenvalue weighted by molar-refractivity contribution is 6.14. The van der Waals surface area contributed by atoms with Gasteiger partial charge in [-0.25, -0.2) is 4.98 Å². The van der Waals surface area contributed by atoms with Crippen molar-refractivity contribution in [3.05, 3.63) is 84.6 Å². The van der Waals surface area contributed by atoms with Gasteiger partial charge in [0, 0.05) is 17.3 Å². The number of rotatable bonds is 7. The molecule has 3 aromatic carbocycles. The van der Waals surface area contributed by atoms with Crippen LogP contribution in [-0.2, 0) is 0 Å². The van der Waals surface area contributed by atoms with Gasteiger partial charge in [0.1, 0.15) is 17.3 Å². The topological polar surface area (TPSA) is 72.5 Å². The Bertz CT molecular complexity index is 1210. The van der Waals surface area contributed by atoms with Gasteiger partial charge in [-0.15, -0.1) is 0 Å². The zero-order valence-corrected chi connectivity index (χ0v) is 17.4. The highest BCUT2D eigenvalue weighted by atomic mass is 16.5. The number of para-hydroxylation sites is 2. The Morgan fingerprint density at radius 1 is 0.935 bits per heavy atom. The molecule has 0 fully saturated rings. The van der Waals surface area contributed by atoms with Gasteiger partial charge in [-0.05, 0) is 48.7 Å². The van der Waals surface area contributed by atoms with Gasteiger partial charge < -0.3 is 20.1 Å². The van der Waals surface area contributed by atoms with Crippen molar-refractivity contribution in [3.63, 3.8) is 0 Å². The third-order valence-corrected chi connectivity index (χ3v) is 4.82. The number of carbonyl (C=O) groups excluding carboxylic acids is 1. The van der Waals surface area contributed by atoms with Crippen LogP contribution < -0.4 is 20.1 Å². The summed E-state index contributed by atoms with van der Waals surface area (Å²) < 4.78 is 10.9. The minimum Gasteiger partial charge on any atom is -0.495 e. The van der Waals surface area contributed by atoms with Gasteiger partial charge in [-0.2, -0.15) is 0 Å². The number of anilines is 3. The summed E-state index contributed by atoms with van der Waals surface area (Å²) in [5, 5.41) is 7.90. The minimum absolute atomic E-state index is 0.225. The van der Waals surface area contributed by atoms with Crippen LogP contribution in [0.15, 0.2) is 79.0 Å². The number of ether oxygens (including phenoxy) is 2. The lowest BCUT2D eigenvalue weighted by atomic mass is 10.1. The maximum atomic E-state index is 13.0. The molecule has 0 saturated heterocycles. The Morgan fingerprint density at radius 2 is 1.65 bits per heavy atom. The SMILES string of the molecule is CCOc1ccc(NC(=O)c2cnc(Nc3ccccc3OC)c3ccccc23)cc1. The summed E-state index contributed by atoms with van der Waals surface area (Å²) in [4.78, 5) is 17.5. The molecule has 4 rings (SSSR count). The van der Waals surface area contributed by atoms with E-state index in [-0.39, 0.29) is 5.91 Å². The Hall–Kier alpha value is -4.06. The van der Waals surface area contributed by atoms with E-state index in [0.29, 0.717) is 29.4 Å². The summed E-state index contributed by atoms with van der Waals surface area (Å²) in [7, 11) is 1.63. The van der Waals surface area contributed by atoms with E-state index < -0.39 is 0 Å². The molecule has 0 bridgehead atoms. The lowest BCUT2D eigenvalue weighted by Gasteiger charge is -2.14. The zero-order valence-electron chi connectivity index (χ0n) is 17.4. The van der Waals surface area contributed by atoms with Crippen molar-refractivity contribution in [2.45, 2.75) is 6.92 Å². The fourth-order valence-electron chi connectivity index (χ4n) is 3.35. The predicted octanol–water partition coefficient (Wildman–Crippen LogP) is 5.64. The zero-order chi connectivity index (χ0) is 21.6. The molecule has 156 valence electrons. The molecule has 0 unspecified atom stereocenters. The van der Waals surface area contributed by atoms with E-state index in [2.05, 4.69) is 15.6 Å². The van der Waals surface area contributed by atoms with Gasteiger partial charge in [0.2, 0.25) is 0 Å². The predicted molar refractivity (Wildman–Crippen MR) is 124 cm³/mol. The highest BCUT2D eigenvalue weighted by Crippen LogP contribution is 2.31. The number of fused-ring (bicyclic) bond motifs is 1. The Labute approximate surface area is 180 Å². The highest BCUT2D eigenvalue weighted by Gasteiger charge is 2.15. The fourth-order valence-corrected chi connectivity index (χ4v) is 3.35. The monoisotopic (exact) mass is 413 g/mol. The van der Waals surface area contributed by atoms with Crippen molar-refractivity contribution in [2.75, 3.05) is 24.4 Å². The van der Waals surface area contributed by atoms with Crippen molar-refractivity contribution in [3.8, 4) is 11.5 Å². The van der Waals surface area contributed by atoms with E-state index in [4.69, 9.17) is 9.47 Å². The Balaban J connectivity index is 1.63. The van der Waals surface area contributed by atoms with Crippen molar-refractivity contribution < 1.29 is 14.3 Å². The van der Waals surface area contributed by atoms with Crippen LogP contribution in [0.2, 0.25) is 0 Å². The summed E-state index contributed by atoms with van der Waals surface area (Å²) in [6.07, 6.45) is 1.59. The van der Waals surface area contributed by atoms with Crippen LogP contribution in [0.5, 0.6) is 11.5 Å². The molecule has 0 aliphatic rings. The van der Waals surface area contributed by atoms with Crippen LogP contribution in [0, 0.1) is 0 Å². The van der Waals surface area contributed by atoms with E-state index in [1.165, 1.54) is 0 Å². The standard InChI is InChI=1S/C25H23N3O3/c1-3-31-18-14-12-17(13-15-18)27-25(29)21-16-26-24(20-9-5-4-8-19(20)21)28-22-10-6-7-11-23(22)30-2/h4-16H,3H2,1-2H3,(H,26,28)(H,27,29). The number of nitrogens with zero attached hydrogens (tertiary/aromatic N) is 1. The van der Waals surface area contributed by atoms with Crippen LogP contribution in [0.3, 0.4) is 0 Å².